The first-order chi connectivity index (χ1) is 17.9. The van der Waals surface area contributed by atoms with Crippen molar-refractivity contribution in [2.24, 2.45) is 5.41 Å². The first-order valence-corrected chi connectivity index (χ1v) is 15.7. The summed E-state index contributed by atoms with van der Waals surface area (Å²) < 4.78 is 25.2. The predicted octanol–water partition coefficient (Wildman–Crippen LogP) is 4.78. The molecule has 2 heterocycles. The maximum Gasteiger partial charge on any atom is 0.311 e. The molecule has 0 aromatic heterocycles. The van der Waals surface area contributed by atoms with Crippen LogP contribution in [0.25, 0.3) is 0 Å². The van der Waals surface area contributed by atoms with Crippen molar-refractivity contribution in [2.75, 3.05) is 13.2 Å². The van der Waals surface area contributed by atoms with Crippen molar-refractivity contribution in [3.63, 3.8) is 0 Å². The number of benzene rings is 2. The summed E-state index contributed by atoms with van der Waals surface area (Å²) in [6.45, 7) is 12.9. The number of ether oxygens (including phenoxy) is 3. The van der Waals surface area contributed by atoms with Crippen LogP contribution in [0.3, 0.4) is 0 Å². The van der Waals surface area contributed by atoms with E-state index in [-0.39, 0.29) is 36.1 Å². The van der Waals surface area contributed by atoms with Crippen LogP contribution in [0.4, 0.5) is 0 Å². The number of hydrogen-bond acceptors (Lipinski definition) is 6. The van der Waals surface area contributed by atoms with Gasteiger partial charge in [-0.2, -0.15) is 0 Å². The van der Waals surface area contributed by atoms with E-state index >= 15 is 0 Å². The van der Waals surface area contributed by atoms with Gasteiger partial charge in [-0.15, -0.1) is 0 Å². The van der Waals surface area contributed by atoms with Gasteiger partial charge in [-0.05, 0) is 42.6 Å². The summed E-state index contributed by atoms with van der Waals surface area (Å²) in [6, 6.07) is 21.1. The van der Waals surface area contributed by atoms with E-state index in [0.29, 0.717) is 25.9 Å². The van der Waals surface area contributed by atoms with Gasteiger partial charge in [0.1, 0.15) is 12.2 Å². The van der Waals surface area contributed by atoms with Gasteiger partial charge < -0.3 is 18.6 Å². The molecule has 2 aliphatic rings. The second kappa shape index (κ2) is 11.0. The van der Waals surface area contributed by atoms with E-state index in [4.69, 9.17) is 18.6 Å². The van der Waals surface area contributed by atoms with Crippen LogP contribution in [0.1, 0.15) is 67.2 Å². The monoisotopic (exact) mass is 538 g/mol. The van der Waals surface area contributed by atoms with Crippen molar-refractivity contribution in [3.8, 4) is 0 Å². The molecule has 0 amide bonds. The van der Waals surface area contributed by atoms with Crippen molar-refractivity contribution in [2.45, 2.75) is 90.3 Å². The Labute approximate surface area is 228 Å². The van der Waals surface area contributed by atoms with E-state index < -0.39 is 25.5 Å². The van der Waals surface area contributed by atoms with E-state index in [1.54, 1.807) is 6.92 Å². The van der Waals surface area contributed by atoms with Crippen molar-refractivity contribution < 1.29 is 28.2 Å². The van der Waals surface area contributed by atoms with Gasteiger partial charge in [0.2, 0.25) is 0 Å². The molecule has 0 aliphatic carbocycles. The summed E-state index contributed by atoms with van der Waals surface area (Å²) in [5.41, 5.74) is -0.965. The van der Waals surface area contributed by atoms with Crippen LogP contribution in [0.15, 0.2) is 60.7 Å². The largest absolute Gasteiger partial charge is 0.466 e. The molecule has 2 aromatic rings. The number of esters is 1. The molecule has 6 nitrogen and oxygen atoms in total. The number of Topliss-reactive ketones (excluding diaryl/α,β-unsaturated/α-hetero) is 1. The summed E-state index contributed by atoms with van der Waals surface area (Å²) in [6.07, 6.45) is 0.968. The molecule has 0 saturated carbocycles. The molecule has 206 valence electrons. The Morgan fingerprint density at radius 1 is 1.00 bits per heavy atom. The topological polar surface area (TPSA) is 71.1 Å². The molecule has 0 unspecified atom stereocenters. The lowest BCUT2D eigenvalue weighted by Crippen LogP contribution is -2.67. The van der Waals surface area contributed by atoms with E-state index in [0.717, 1.165) is 0 Å². The number of ketones is 1. The first-order valence-electron chi connectivity index (χ1n) is 13.7. The van der Waals surface area contributed by atoms with Gasteiger partial charge in [-0.1, -0.05) is 81.4 Å². The molecule has 2 fully saturated rings. The van der Waals surface area contributed by atoms with Crippen molar-refractivity contribution in [3.05, 3.63) is 60.7 Å². The molecular weight excluding hydrogens is 496 g/mol. The Balaban J connectivity index is 1.60. The summed E-state index contributed by atoms with van der Waals surface area (Å²) in [5, 5.41) is 2.34. The average Bonchev–Trinajstić information content (AvgIpc) is 2.86. The van der Waals surface area contributed by atoms with Crippen LogP contribution in [0.2, 0.25) is 5.04 Å². The highest BCUT2D eigenvalue weighted by Gasteiger charge is 2.61. The SMILES string of the molecule is CCOC(=O)C[C@]12O[C@@H](CCO[Si](c3ccccc3)(c3ccccc3)C(C)(C)C)C[C@H](CC(=O)C1(C)C)O2. The summed E-state index contributed by atoms with van der Waals surface area (Å²) in [5.74, 6) is -1.70. The third kappa shape index (κ3) is 5.26. The standard InChI is InChI=1S/C31H42O6Si/c1-7-34-28(33)22-31-30(5,6)27(32)21-24(37-31)20-23(36-31)18-19-35-38(29(2,3)4,25-14-10-8-11-15-25)26-16-12-9-13-17-26/h8-17,23-24H,7,18-22H2,1-6H3/t23-,24+,31+/m0/s1. The quantitative estimate of drug-likeness (QED) is 0.338. The van der Waals surface area contributed by atoms with Gasteiger partial charge in [0.25, 0.3) is 8.32 Å². The number of hydrogen-bond donors (Lipinski definition) is 0. The normalized spacial score (nSPS) is 25.2. The van der Waals surface area contributed by atoms with Gasteiger partial charge in [0.05, 0.1) is 24.2 Å². The molecule has 0 radical (unpaired) electrons. The maximum absolute atomic E-state index is 13.0. The van der Waals surface area contributed by atoms with E-state index in [9.17, 15) is 9.59 Å². The molecule has 4 rings (SSSR count). The van der Waals surface area contributed by atoms with Crippen LogP contribution < -0.4 is 10.4 Å². The number of carbonyl (C=O) groups excluding carboxylic acids is 2. The smallest absolute Gasteiger partial charge is 0.311 e. The van der Waals surface area contributed by atoms with E-state index in [2.05, 4.69) is 69.3 Å². The molecule has 2 bridgehead atoms. The lowest BCUT2D eigenvalue weighted by molar-refractivity contribution is -0.364. The van der Waals surface area contributed by atoms with E-state index in [1.807, 2.05) is 26.0 Å². The fourth-order valence-electron chi connectivity index (χ4n) is 6.04. The Hall–Kier alpha value is -2.32. The second-order valence-electron chi connectivity index (χ2n) is 12.0. The lowest BCUT2D eigenvalue weighted by Gasteiger charge is -2.55. The molecule has 38 heavy (non-hydrogen) atoms. The van der Waals surface area contributed by atoms with Crippen molar-refractivity contribution in [1.82, 2.24) is 0 Å². The predicted molar refractivity (Wildman–Crippen MR) is 150 cm³/mol. The minimum atomic E-state index is -2.67. The number of carbonyl (C=O) groups is 2. The molecule has 7 heteroatoms. The maximum atomic E-state index is 13.0. The van der Waals surface area contributed by atoms with Crippen LogP contribution in [-0.2, 0) is 28.2 Å². The Kier molecular flexibility index (Phi) is 8.33. The van der Waals surface area contributed by atoms with Crippen molar-refractivity contribution in [1.29, 1.82) is 0 Å². The zero-order valence-electron chi connectivity index (χ0n) is 23.6. The number of fused-ring (bicyclic) bond motifs is 2. The molecule has 0 N–H and O–H groups in total. The fraction of sp³-hybridized carbons (Fsp3) is 0.548. The van der Waals surface area contributed by atoms with Crippen molar-refractivity contribution >= 4 is 30.4 Å². The Morgan fingerprint density at radius 2 is 1.58 bits per heavy atom. The number of rotatable bonds is 9. The van der Waals surface area contributed by atoms with Crippen LogP contribution in [0.5, 0.6) is 0 Å². The summed E-state index contributed by atoms with van der Waals surface area (Å²) in [4.78, 5) is 25.6. The Morgan fingerprint density at radius 3 is 2.11 bits per heavy atom. The molecule has 0 spiro atoms. The zero-order valence-corrected chi connectivity index (χ0v) is 24.6. The third-order valence-corrected chi connectivity index (χ3v) is 13.2. The molecule has 2 saturated heterocycles. The minimum absolute atomic E-state index is 0.0556. The first kappa shape index (κ1) is 28.7. The van der Waals surface area contributed by atoms with Gasteiger partial charge >= 0.3 is 5.97 Å². The highest BCUT2D eigenvalue weighted by Crippen LogP contribution is 2.50. The molecule has 3 atom stereocenters. The third-order valence-electron chi connectivity index (χ3n) is 8.16. The molecular formula is C31H42O6Si. The second-order valence-corrected chi connectivity index (χ2v) is 16.3. The van der Waals surface area contributed by atoms with Crippen LogP contribution >= 0.6 is 0 Å². The van der Waals surface area contributed by atoms with Crippen LogP contribution in [-0.4, -0.2) is 51.3 Å². The fourth-order valence-corrected chi connectivity index (χ4v) is 10.6. The highest BCUT2D eigenvalue weighted by atomic mass is 28.4. The molecule has 2 aliphatic heterocycles. The van der Waals surface area contributed by atoms with Gasteiger partial charge in [0.15, 0.2) is 5.79 Å². The summed E-state index contributed by atoms with van der Waals surface area (Å²) >= 11 is 0. The van der Waals surface area contributed by atoms with Crippen LogP contribution in [0, 0.1) is 5.41 Å². The Bertz CT molecular complexity index is 1070. The van der Waals surface area contributed by atoms with Gasteiger partial charge in [-0.25, -0.2) is 0 Å². The van der Waals surface area contributed by atoms with Gasteiger partial charge in [-0.3, -0.25) is 9.59 Å². The summed E-state index contributed by atoms with van der Waals surface area (Å²) in [7, 11) is -2.67. The highest BCUT2D eigenvalue weighted by molar-refractivity contribution is 6.99. The zero-order chi connectivity index (χ0) is 27.6. The lowest BCUT2D eigenvalue weighted by atomic mass is 9.71. The molecule has 2 aromatic carbocycles. The minimum Gasteiger partial charge on any atom is -0.466 e. The van der Waals surface area contributed by atoms with Gasteiger partial charge in [0, 0.05) is 19.4 Å². The van der Waals surface area contributed by atoms with E-state index in [1.165, 1.54) is 10.4 Å². The average molecular weight is 539 g/mol.